The molecular formula is C12H17ClN2O. The summed E-state index contributed by atoms with van der Waals surface area (Å²) >= 11 is 5.96. The van der Waals surface area contributed by atoms with Gasteiger partial charge < -0.3 is 15.4 Å². The lowest BCUT2D eigenvalue weighted by atomic mass is 10.2. The Labute approximate surface area is 101 Å². The van der Waals surface area contributed by atoms with Gasteiger partial charge in [0.15, 0.2) is 0 Å². The summed E-state index contributed by atoms with van der Waals surface area (Å²) in [6.07, 6.45) is 2.61. The third-order valence-electron chi connectivity index (χ3n) is 2.91. The number of hydrogen-bond donors (Lipinski definition) is 1. The number of nitrogen functional groups attached to an aromatic ring is 1. The first-order chi connectivity index (χ1) is 7.66. The Balaban J connectivity index is 2.07. The lowest BCUT2D eigenvalue weighted by Crippen LogP contribution is -2.29. The molecule has 0 amide bonds. The van der Waals surface area contributed by atoms with E-state index in [4.69, 9.17) is 22.1 Å². The second kappa shape index (κ2) is 4.93. The van der Waals surface area contributed by atoms with E-state index in [1.807, 2.05) is 19.2 Å². The van der Waals surface area contributed by atoms with Crippen molar-refractivity contribution < 1.29 is 4.74 Å². The highest BCUT2D eigenvalue weighted by molar-refractivity contribution is 6.31. The van der Waals surface area contributed by atoms with E-state index < -0.39 is 0 Å². The first-order valence-electron chi connectivity index (χ1n) is 5.54. The van der Waals surface area contributed by atoms with Crippen LogP contribution in [-0.4, -0.2) is 26.3 Å². The lowest BCUT2D eigenvalue weighted by Gasteiger charge is -2.24. The molecule has 0 bridgehead atoms. The molecular weight excluding hydrogens is 224 g/mol. The third-order valence-corrected chi connectivity index (χ3v) is 3.14. The first kappa shape index (κ1) is 11.6. The topological polar surface area (TPSA) is 38.5 Å². The fourth-order valence-corrected chi connectivity index (χ4v) is 2.21. The highest BCUT2D eigenvalue weighted by atomic mass is 35.5. The van der Waals surface area contributed by atoms with E-state index in [0.29, 0.717) is 11.1 Å². The van der Waals surface area contributed by atoms with Gasteiger partial charge in [0.05, 0.1) is 17.5 Å². The maximum atomic E-state index is 5.96. The van der Waals surface area contributed by atoms with E-state index in [0.717, 1.165) is 37.4 Å². The maximum absolute atomic E-state index is 5.96. The predicted octanol–water partition coefficient (Wildman–Crippen LogP) is 2.54. The molecule has 88 valence electrons. The molecule has 2 rings (SSSR count). The Hall–Kier alpha value is -0.930. The minimum absolute atomic E-state index is 0.323. The van der Waals surface area contributed by atoms with Crippen LogP contribution in [0.4, 0.5) is 11.4 Å². The van der Waals surface area contributed by atoms with Crippen LogP contribution in [0.1, 0.15) is 12.8 Å². The molecule has 1 unspecified atom stereocenters. The third kappa shape index (κ3) is 2.60. The summed E-state index contributed by atoms with van der Waals surface area (Å²) in [5, 5.41) is 0.711. The van der Waals surface area contributed by atoms with E-state index >= 15 is 0 Å². The number of benzene rings is 1. The van der Waals surface area contributed by atoms with Crippen LogP contribution < -0.4 is 10.6 Å². The number of ether oxygens (including phenoxy) is 1. The Morgan fingerprint density at radius 1 is 1.56 bits per heavy atom. The zero-order valence-corrected chi connectivity index (χ0v) is 10.2. The number of halogens is 1. The fraction of sp³-hybridized carbons (Fsp3) is 0.500. The van der Waals surface area contributed by atoms with Gasteiger partial charge in [-0.15, -0.1) is 0 Å². The number of hydrogen-bond acceptors (Lipinski definition) is 3. The van der Waals surface area contributed by atoms with Gasteiger partial charge in [-0.3, -0.25) is 0 Å². The average molecular weight is 241 g/mol. The normalized spacial score (nSPS) is 20.0. The van der Waals surface area contributed by atoms with Crippen LogP contribution in [0.25, 0.3) is 0 Å². The molecule has 3 nitrogen and oxygen atoms in total. The Bertz CT molecular complexity index is 364. The van der Waals surface area contributed by atoms with E-state index in [1.54, 1.807) is 6.07 Å². The molecule has 1 aromatic rings. The second-order valence-electron chi connectivity index (χ2n) is 4.22. The number of nitrogens with two attached hydrogens (primary N) is 1. The first-order valence-corrected chi connectivity index (χ1v) is 5.92. The number of anilines is 2. The van der Waals surface area contributed by atoms with E-state index in [2.05, 4.69) is 4.90 Å². The van der Waals surface area contributed by atoms with E-state index in [1.165, 1.54) is 0 Å². The van der Waals surface area contributed by atoms with E-state index in [-0.39, 0.29) is 0 Å². The van der Waals surface area contributed by atoms with Crippen LogP contribution in [0.15, 0.2) is 18.2 Å². The van der Waals surface area contributed by atoms with Crippen LogP contribution >= 0.6 is 11.6 Å². The highest BCUT2D eigenvalue weighted by Crippen LogP contribution is 2.27. The SMILES string of the molecule is CN(CC1CCCO1)c1cc(Cl)ccc1N. The Kier molecular flexibility index (Phi) is 3.56. The predicted molar refractivity (Wildman–Crippen MR) is 68.1 cm³/mol. The standard InChI is InChI=1S/C12H17ClN2O/c1-15(8-10-3-2-6-16-10)12-7-9(13)4-5-11(12)14/h4-5,7,10H,2-3,6,8,14H2,1H3. The van der Waals surface area contributed by atoms with Gasteiger partial charge in [0.25, 0.3) is 0 Å². The number of nitrogens with zero attached hydrogens (tertiary/aromatic N) is 1. The van der Waals surface area contributed by atoms with Crippen LogP contribution in [0, 0.1) is 0 Å². The quantitative estimate of drug-likeness (QED) is 0.826. The molecule has 1 aliphatic heterocycles. The molecule has 1 fully saturated rings. The van der Waals surface area contributed by atoms with Gasteiger partial charge in [0.2, 0.25) is 0 Å². The summed E-state index contributed by atoms with van der Waals surface area (Å²) in [4.78, 5) is 2.11. The van der Waals surface area contributed by atoms with Crippen molar-refractivity contribution in [3.05, 3.63) is 23.2 Å². The molecule has 0 radical (unpaired) electrons. The summed E-state index contributed by atoms with van der Waals surface area (Å²) < 4.78 is 5.60. The molecule has 16 heavy (non-hydrogen) atoms. The van der Waals surface area contributed by atoms with Crippen molar-refractivity contribution in [3.63, 3.8) is 0 Å². The van der Waals surface area contributed by atoms with Gasteiger partial charge in [0, 0.05) is 25.2 Å². The monoisotopic (exact) mass is 240 g/mol. The van der Waals surface area contributed by atoms with E-state index in [9.17, 15) is 0 Å². The van der Waals surface area contributed by atoms with Crippen LogP contribution in [0.2, 0.25) is 5.02 Å². The summed E-state index contributed by atoms with van der Waals surface area (Å²) in [6.45, 7) is 1.74. The van der Waals surface area contributed by atoms with Gasteiger partial charge in [-0.05, 0) is 31.0 Å². The zero-order valence-electron chi connectivity index (χ0n) is 9.45. The highest BCUT2D eigenvalue weighted by Gasteiger charge is 2.18. The Morgan fingerprint density at radius 3 is 3.06 bits per heavy atom. The largest absolute Gasteiger partial charge is 0.397 e. The number of rotatable bonds is 3. The zero-order chi connectivity index (χ0) is 11.5. The molecule has 1 aliphatic rings. The minimum Gasteiger partial charge on any atom is -0.397 e. The molecule has 0 aliphatic carbocycles. The van der Waals surface area contributed by atoms with Crippen molar-refractivity contribution >= 4 is 23.0 Å². The van der Waals surface area contributed by atoms with Gasteiger partial charge in [0.1, 0.15) is 0 Å². The fourth-order valence-electron chi connectivity index (χ4n) is 2.04. The summed E-state index contributed by atoms with van der Waals surface area (Å²) in [5.41, 5.74) is 7.65. The average Bonchev–Trinajstić information content (AvgIpc) is 2.74. The van der Waals surface area contributed by atoms with Crippen molar-refractivity contribution in [1.29, 1.82) is 0 Å². The molecule has 0 saturated carbocycles. The summed E-state index contributed by atoms with van der Waals surface area (Å²) in [6, 6.07) is 5.54. The van der Waals surface area contributed by atoms with Gasteiger partial charge in [-0.2, -0.15) is 0 Å². The van der Waals surface area contributed by atoms with Crippen molar-refractivity contribution in [2.24, 2.45) is 0 Å². The molecule has 1 aromatic carbocycles. The van der Waals surface area contributed by atoms with Crippen molar-refractivity contribution in [3.8, 4) is 0 Å². The smallest absolute Gasteiger partial charge is 0.0750 e. The van der Waals surface area contributed by atoms with Gasteiger partial charge in [-0.1, -0.05) is 11.6 Å². The second-order valence-corrected chi connectivity index (χ2v) is 4.66. The summed E-state index contributed by atoms with van der Waals surface area (Å²) in [7, 11) is 2.02. The number of likely N-dealkylation sites (N-methyl/N-ethyl adjacent to an activating group) is 1. The Morgan fingerprint density at radius 2 is 2.38 bits per heavy atom. The lowest BCUT2D eigenvalue weighted by molar-refractivity contribution is 0.116. The van der Waals surface area contributed by atoms with Crippen LogP contribution in [-0.2, 0) is 4.74 Å². The van der Waals surface area contributed by atoms with Crippen molar-refractivity contribution in [2.45, 2.75) is 18.9 Å². The molecule has 1 atom stereocenters. The molecule has 0 aromatic heterocycles. The minimum atomic E-state index is 0.323. The molecule has 2 N–H and O–H groups in total. The molecule has 1 saturated heterocycles. The van der Waals surface area contributed by atoms with Crippen LogP contribution in [0.3, 0.4) is 0 Å². The maximum Gasteiger partial charge on any atom is 0.0750 e. The van der Waals surface area contributed by atoms with Crippen molar-refractivity contribution in [2.75, 3.05) is 30.8 Å². The molecule has 0 spiro atoms. The van der Waals surface area contributed by atoms with Gasteiger partial charge >= 0.3 is 0 Å². The molecule has 4 heteroatoms. The van der Waals surface area contributed by atoms with Crippen LogP contribution in [0.5, 0.6) is 0 Å². The summed E-state index contributed by atoms with van der Waals surface area (Å²) in [5.74, 6) is 0. The van der Waals surface area contributed by atoms with Gasteiger partial charge in [-0.25, -0.2) is 0 Å². The van der Waals surface area contributed by atoms with Crippen molar-refractivity contribution in [1.82, 2.24) is 0 Å². The molecule has 1 heterocycles.